The van der Waals surface area contributed by atoms with E-state index in [-0.39, 0.29) is 11.7 Å². The first-order valence-electron chi connectivity index (χ1n) is 8.80. The molecule has 138 valence electrons. The van der Waals surface area contributed by atoms with Crippen molar-refractivity contribution in [3.05, 3.63) is 89.8 Å². The fraction of sp³-hybridized carbons (Fsp3) is 0.0435. The number of amides is 1. The quantitative estimate of drug-likeness (QED) is 0.475. The summed E-state index contributed by atoms with van der Waals surface area (Å²) in [6.45, 7) is 2.00. The van der Waals surface area contributed by atoms with Gasteiger partial charge in [0.2, 0.25) is 11.8 Å². The zero-order chi connectivity index (χ0) is 19.5. The molecule has 1 N–H and O–H groups in total. The van der Waals surface area contributed by atoms with E-state index in [1.807, 2.05) is 31.2 Å². The van der Waals surface area contributed by atoms with Crippen LogP contribution in [0.15, 0.2) is 77.2 Å². The first kappa shape index (κ1) is 17.7. The zero-order valence-corrected chi connectivity index (χ0v) is 15.1. The van der Waals surface area contributed by atoms with Gasteiger partial charge in [0, 0.05) is 23.4 Å². The number of nitrogens with zero attached hydrogens (tertiary/aromatic N) is 1. The number of oxazole rings is 1. The number of hydrogen-bond donors (Lipinski definition) is 1. The van der Waals surface area contributed by atoms with Crippen molar-refractivity contribution in [1.29, 1.82) is 0 Å². The van der Waals surface area contributed by atoms with E-state index in [0.717, 1.165) is 22.2 Å². The topological polar surface area (TPSA) is 55.1 Å². The number of hydrogen-bond acceptors (Lipinski definition) is 3. The average molecular weight is 372 g/mol. The predicted octanol–water partition coefficient (Wildman–Crippen LogP) is 5.59. The van der Waals surface area contributed by atoms with Crippen LogP contribution in [0, 0.1) is 12.7 Å². The minimum Gasteiger partial charge on any atom is -0.436 e. The van der Waals surface area contributed by atoms with Gasteiger partial charge in [-0.15, -0.1) is 0 Å². The summed E-state index contributed by atoms with van der Waals surface area (Å²) in [4.78, 5) is 16.7. The van der Waals surface area contributed by atoms with E-state index < -0.39 is 0 Å². The molecule has 0 fully saturated rings. The molecule has 0 aliphatic carbocycles. The number of halogens is 1. The Kier molecular flexibility index (Phi) is 4.72. The zero-order valence-electron chi connectivity index (χ0n) is 15.1. The van der Waals surface area contributed by atoms with Crippen molar-refractivity contribution in [3.8, 4) is 11.5 Å². The van der Waals surface area contributed by atoms with Crippen LogP contribution in [-0.2, 0) is 4.79 Å². The molecule has 28 heavy (non-hydrogen) atoms. The lowest BCUT2D eigenvalue weighted by atomic mass is 10.1. The van der Waals surface area contributed by atoms with Crippen molar-refractivity contribution in [2.75, 3.05) is 5.32 Å². The van der Waals surface area contributed by atoms with Gasteiger partial charge in [-0.3, -0.25) is 4.79 Å². The van der Waals surface area contributed by atoms with Crippen LogP contribution in [0.25, 0.3) is 28.6 Å². The molecular weight excluding hydrogens is 355 g/mol. The van der Waals surface area contributed by atoms with Gasteiger partial charge in [0.1, 0.15) is 11.3 Å². The van der Waals surface area contributed by atoms with E-state index in [1.165, 1.54) is 18.2 Å². The first-order chi connectivity index (χ1) is 13.6. The molecule has 0 saturated heterocycles. The van der Waals surface area contributed by atoms with Gasteiger partial charge in [0.25, 0.3) is 0 Å². The van der Waals surface area contributed by atoms with Gasteiger partial charge in [0.15, 0.2) is 5.58 Å². The van der Waals surface area contributed by atoms with Crippen molar-refractivity contribution in [3.63, 3.8) is 0 Å². The number of aromatic nitrogens is 1. The van der Waals surface area contributed by atoms with Crippen molar-refractivity contribution in [1.82, 2.24) is 4.98 Å². The van der Waals surface area contributed by atoms with Crippen LogP contribution in [0.1, 0.15) is 11.1 Å². The SMILES string of the molecule is Cc1ccccc1-c1nc2ccc(NC(=O)/C=C/c3ccc(F)cc3)cc2o1. The lowest BCUT2D eigenvalue weighted by Gasteiger charge is -2.01. The molecule has 5 heteroatoms. The number of aryl methyl sites for hydroxylation is 1. The second-order valence-electron chi connectivity index (χ2n) is 6.39. The Morgan fingerprint density at radius 3 is 2.64 bits per heavy atom. The number of rotatable bonds is 4. The molecule has 4 rings (SSSR count). The highest BCUT2D eigenvalue weighted by Crippen LogP contribution is 2.28. The fourth-order valence-corrected chi connectivity index (χ4v) is 2.86. The van der Waals surface area contributed by atoms with Crippen molar-refractivity contribution in [2.24, 2.45) is 0 Å². The summed E-state index contributed by atoms with van der Waals surface area (Å²) in [6, 6.07) is 19.1. The minimum absolute atomic E-state index is 0.290. The van der Waals surface area contributed by atoms with Crippen LogP contribution in [0.3, 0.4) is 0 Å². The maximum Gasteiger partial charge on any atom is 0.248 e. The van der Waals surface area contributed by atoms with Gasteiger partial charge in [0.05, 0.1) is 0 Å². The Balaban J connectivity index is 1.52. The smallest absolute Gasteiger partial charge is 0.248 e. The van der Waals surface area contributed by atoms with Gasteiger partial charge in [-0.25, -0.2) is 9.37 Å². The van der Waals surface area contributed by atoms with Crippen LogP contribution in [0.2, 0.25) is 0 Å². The van der Waals surface area contributed by atoms with Crippen molar-refractivity contribution in [2.45, 2.75) is 6.92 Å². The number of fused-ring (bicyclic) bond motifs is 1. The number of carbonyl (C=O) groups is 1. The summed E-state index contributed by atoms with van der Waals surface area (Å²) in [6.07, 6.45) is 3.02. The van der Waals surface area contributed by atoms with Gasteiger partial charge in [-0.05, 0) is 54.5 Å². The van der Waals surface area contributed by atoms with E-state index in [4.69, 9.17) is 4.42 Å². The molecule has 0 spiro atoms. The highest BCUT2D eigenvalue weighted by atomic mass is 19.1. The first-order valence-corrected chi connectivity index (χ1v) is 8.80. The Morgan fingerprint density at radius 1 is 1.07 bits per heavy atom. The molecule has 0 saturated carbocycles. The number of carbonyl (C=O) groups excluding carboxylic acids is 1. The summed E-state index contributed by atoms with van der Waals surface area (Å²) >= 11 is 0. The van der Waals surface area contributed by atoms with E-state index >= 15 is 0 Å². The van der Waals surface area contributed by atoms with E-state index in [1.54, 1.807) is 36.4 Å². The normalized spacial score (nSPS) is 11.2. The second kappa shape index (κ2) is 7.48. The molecule has 4 nitrogen and oxygen atoms in total. The van der Waals surface area contributed by atoms with Crippen LogP contribution in [0.5, 0.6) is 0 Å². The van der Waals surface area contributed by atoms with Crippen LogP contribution >= 0.6 is 0 Å². The minimum atomic E-state index is -0.313. The molecule has 1 aromatic heterocycles. The molecule has 4 aromatic rings. The molecule has 0 radical (unpaired) electrons. The standard InChI is InChI=1S/C23H17FN2O2/c1-15-4-2-3-5-19(15)23-26-20-12-11-18(14-21(20)28-23)25-22(27)13-8-16-6-9-17(24)10-7-16/h2-14H,1H3,(H,25,27)/b13-8+. The molecule has 1 amide bonds. The Hall–Kier alpha value is -3.73. The molecule has 0 unspecified atom stereocenters. The molecule has 3 aromatic carbocycles. The van der Waals surface area contributed by atoms with Crippen molar-refractivity contribution < 1.29 is 13.6 Å². The molecule has 0 aliphatic heterocycles. The third kappa shape index (κ3) is 3.83. The van der Waals surface area contributed by atoms with Crippen LogP contribution in [-0.4, -0.2) is 10.9 Å². The lowest BCUT2D eigenvalue weighted by Crippen LogP contribution is -2.07. The molecular formula is C23H17FN2O2. The van der Waals surface area contributed by atoms with Crippen LogP contribution in [0.4, 0.5) is 10.1 Å². The number of nitrogens with one attached hydrogen (secondary N) is 1. The number of anilines is 1. The second-order valence-corrected chi connectivity index (χ2v) is 6.39. The van der Waals surface area contributed by atoms with Gasteiger partial charge in [-0.1, -0.05) is 30.3 Å². The summed E-state index contributed by atoms with van der Waals surface area (Å²) in [5, 5.41) is 2.79. The third-order valence-corrected chi connectivity index (χ3v) is 4.33. The number of benzene rings is 3. The lowest BCUT2D eigenvalue weighted by molar-refractivity contribution is -0.111. The average Bonchev–Trinajstić information content (AvgIpc) is 3.11. The summed E-state index contributed by atoms with van der Waals surface area (Å²) in [5.41, 5.74) is 4.68. The molecule has 0 bridgehead atoms. The molecule has 0 aliphatic rings. The highest BCUT2D eigenvalue weighted by molar-refractivity contribution is 6.02. The predicted molar refractivity (Wildman–Crippen MR) is 108 cm³/mol. The van der Waals surface area contributed by atoms with Gasteiger partial charge in [-0.2, -0.15) is 0 Å². The maximum atomic E-state index is 12.9. The Bertz CT molecular complexity index is 1180. The van der Waals surface area contributed by atoms with Crippen molar-refractivity contribution >= 4 is 28.8 Å². The maximum absolute atomic E-state index is 12.9. The van der Waals surface area contributed by atoms with Gasteiger partial charge < -0.3 is 9.73 Å². The largest absolute Gasteiger partial charge is 0.436 e. The van der Waals surface area contributed by atoms with Crippen LogP contribution < -0.4 is 5.32 Å². The Morgan fingerprint density at radius 2 is 1.86 bits per heavy atom. The van der Waals surface area contributed by atoms with E-state index in [0.29, 0.717) is 17.2 Å². The summed E-state index contributed by atoms with van der Waals surface area (Å²) in [7, 11) is 0. The van der Waals surface area contributed by atoms with E-state index in [9.17, 15) is 9.18 Å². The molecule has 0 atom stereocenters. The Labute approximate surface area is 161 Å². The summed E-state index contributed by atoms with van der Waals surface area (Å²) in [5.74, 6) is -0.0536. The monoisotopic (exact) mass is 372 g/mol. The highest BCUT2D eigenvalue weighted by Gasteiger charge is 2.11. The fourth-order valence-electron chi connectivity index (χ4n) is 2.86. The van der Waals surface area contributed by atoms with Gasteiger partial charge >= 0.3 is 0 Å². The summed E-state index contributed by atoms with van der Waals surface area (Å²) < 4.78 is 18.8. The third-order valence-electron chi connectivity index (χ3n) is 4.33. The van der Waals surface area contributed by atoms with E-state index in [2.05, 4.69) is 10.3 Å². The molecule has 1 heterocycles.